The van der Waals surface area contributed by atoms with Crippen molar-refractivity contribution in [2.75, 3.05) is 27.3 Å². The molecule has 2 aliphatic heterocycles. The molecule has 4 atom stereocenters. The minimum absolute atomic E-state index is 0.116. The number of nitrogens with one attached hydrogen (secondary N) is 4. The van der Waals surface area contributed by atoms with Crippen LogP contribution in [-0.2, 0) is 19.1 Å². The molecule has 4 N–H and O–H groups in total. The highest BCUT2D eigenvalue weighted by molar-refractivity contribution is 5.89. The molecule has 15 nitrogen and oxygen atoms in total. The third-order valence-electron chi connectivity index (χ3n) is 11.6. The largest absolute Gasteiger partial charge is 0.453 e. The average Bonchev–Trinajstić information content (AvgIpc) is 4.14. The summed E-state index contributed by atoms with van der Waals surface area (Å²) in [6.07, 6.45) is 7.25. The van der Waals surface area contributed by atoms with E-state index < -0.39 is 24.3 Å². The zero-order valence-electron chi connectivity index (χ0n) is 34.6. The van der Waals surface area contributed by atoms with Crippen LogP contribution in [0.1, 0.15) is 74.9 Å². The van der Waals surface area contributed by atoms with Gasteiger partial charge in [0.05, 0.1) is 55.6 Å². The van der Waals surface area contributed by atoms with E-state index in [1.165, 1.54) is 14.2 Å². The smallest absolute Gasteiger partial charge is 0.407 e. The van der Waals surface area contributed by atoms with Crippen molar-refractivity contribution in [3.63, 3.8) is 0 Å². The second kappa shape index (κ2) is 17.7. The summed E-state index contributed by atoms with van der Waals surface area (Å²) < 4.78 is 9.59. The maximum absolute atomic E-state index is 13.9. The maximum atomic E-state index is 13.9. The standard InChI is InChI=1S/C46H49N9O6/c1-27(2)39(52-45(58)60-3)43(56)54-20-8-12-37(54)42-49-26-36(51-42)33-22-32-19-18-31(23-34(32)47-24-33)28-14-16-29(17-15-28)35-25-48-41(50-35)38-13-9-21-55(38)44(57)40(53-46(59)61-4)30-10-6-5-7-11-30/h5-7,10-11,14-19,22-27,37-40H,8-9,12-13,20-21H2,1-4H3,(H,48,50)(H,49,51)(H,52,58)(H,53,59). The zero-order valence-corrected chi connectivity index (χ0v) is 34.6. The highest BCUT2D eigenvalue weighted by atomic mass is 16.5. The molecule has 6 aromatic rings. The van der Waals surface area contributed by atoms with Crippen LogP contribution in [0.5, 0.6) is 0 Å². The highest BCUT2D eigenvalue weighted by Gasteiger charge is 2.39. The number of imidazole rings is 2. The van der Waals surface area contributed by atoms with Gasteiger partial charge < -0.3 is 39.9 Å². The number of H-pyrrole nitrogens is 2. The summed E-state index contributed by atoms with van der Waals surface area (Å²) >= 11 is 0. The topological polar surface area (TPSA) is 188 Å². The molecule has 61 heavy (non-hydrogen) atoms. The number of carbonyl (C=O) groups is 4. The molecule has 0 spiro atoms. The Kier molecular flexibility index (Phi) is 11.8. The van der Waals surface area contributed by atoms with Gasteiger partial charge in [0.25, 0.3) is 5.91 Å². The number of fused-ring (bicyclic) bond motifs is 1. The first-order valence-corrected chi connectivity index (χ1v) is 20.6. The number of rotatable bonds is 11. The molecular weight excluding hydrogens is 775 g/mol. The lowest BCUT2D eigenvalue weighted by molar-refractivity contribution is -0.135. The maximum Gasteiger partial charge on any atom is 0.407 e. The van der Waals surface area contributed by atoms with Crippen LogP contribution in [0.25, 0.3) is 44.5 Å². The second-order valence-electron chi connectivity index (χ2n) is 15.8. The minimum Gasteiger partial charge on any atom is -0.453 e. The summed E-state index contributed by atoms with van der Waals surface area (Å²) in [6.45, 7) is 4.92. The number of hydrogen-bond donors (Lipinski definition) is 4. The van der Waals surface area contributed by atoms with Crippen molar-refractivity contribution in [2.45, 2.75) is 63.7 Å². The van der Waals surface area contributed by atoms with Gasteiger partial charge in [0.2, 0.25) is 5.91 Å². The molecule has 5 heterocycles. The number of amides is 4. The monoisotopic (exact) mass is 823 g/mol. The van der Waals surface area contributed by atoms with Gasteiger partial charge in [-0.25, -0.2) is 19.6 Å². The Labute approximate surface area is 353 Å². The van der Waals surface area contributed by atoms with Gasteiger partial charge in [-0.15, -0.1) is 0 Å². The summed E-state index contributed by atoms with van der Waals surface area (Å²) in [5.41, 5.74) is 7.06. The van der Waals surface area contributed by atoms with Crippen molar-refractivity contribution < 1.29 is 28.7 Å². The van der Waals surface area contributed by atoms with Gasteiger partial charge in [0, 0.05) is 30.2 Å². The number of carbonyl (C=O) groups excluding carboxylic acids is 4. The van der Waals surface area contributed by atoms with E-state index in [4.69, 9.17) is 19.4 Å². The van der Waals surface area contributed by atoms with Crippen LogP contribution in [0.4, 0.5) is 9.59 Å². The van der Waals surface area contributed by atoms with E-state index >= 15 is 0 Å². The van der Waals surface area contributed by atoms with Crippen molar-refractivity contribution in [3.05, 3.63) is 115 Å². The Hall–Kier alpha value is -7.03. The van der Waals surface area contributed by atoms with Gasteiger partial charge in [0.15, 0.2) is 0 Å². The SMILES string of the molecule is COC(=O)NC(C(=O)N1CCCC1c1ncc(-c2ccc(-c3ccc4cc(-c5cnc(C6CCCN6C(=O)C(NC(=O)OC)C(C)C)[nH]5)cnc4c3)cc2)[nH]1)c1ccccc1. The van der Waals surface area contributed by atoms with E-state index in [1.54, 1.807) is 22.2 Å². The predicted molar refractivity (Wildman–Crippen MR) is 229 cm³/mol. The Morgan fingerprint density at radius 3 is 1.85 bits per heavy atom. The molecule has 314 valence electrons. The summed E-state index contributed by atoms with van der Waals surface area (Å²) in [4.78, 5) is 76.4. The predicted octanol–water partition coefficient (Wildman–Crippen LogP) is 7.49. The molecule has 15 heteroatoms. The van der Waals surface area contributed by atoms with Crippen molar-refractivity contribution in [1.82, 2.24) is 45.4 Å². The number of methoxy groups -OCH3 is 2. The molecule has 4 amide bonds. The molecule has 3 aromatic heterocycles. The van der Waals surface area contributed by atoms with Gasteiger partial charge in [-0.2, -0.15) is 0 Å². The molecule has 2 saturated heterocycles. The van der Waals surface area contributed by atoms with E-state index in [9.17, 15) is 19.2 Å². The van der Waals surface area contributed by atoms with Gasteiger partial charge >= 0.3 is 12.2 Å². The number of aromatic nitrogens is 5. The zero-order chi connectivity index (χ0) is 42.6. The van der Waals surface area contributed by atoms with Crippen molar-refractivity contribution in [2.24, 2.45) is 5.92 Å². The van der Waals surface area contributed by atoms with Crippen LogP contribution in [-0.4, -0.2) is 92.1 Å². The van der Waals surface area contributed by atoms with Crippen molar-refractivity contribution in [1.29, 1.82) is 0 Å². The average molecular weight is 824 g/mol. The third kappa shape index (κ3) is 8.54. The minimum atomic E-state index is -0.885. The van der Waals surface area contributed by atoms with Crippen molar-refractivity contribution >= 4 is 34.9 Å². The molecule has 3 aromatic carbocycles. The van der Waals surface area contributed by atoms with Crippen LogP contribution < -0.4 is 10.6 Å². The first kappa shape index (κ1) is 40.7. The number of nitrogens with zero attached hydrogens (tertiary/aromatic N) is 5. The Morgan fingerprint density at radius 2 is 1.23 bits per heavy atom. The molecule has 0 radical (unpaired) electrons. The summed E-state index contributed by atoms with van der Waals surface area (Å²) in [5.74, 6) is 0.910. The van der Waals surface area contributed by atoms with E-state index in [1.807, 2.05) is 62.5 Å². The van der Waals surface area contributed by atoms with Gasteiger partial charge in [0.1, 0.15) is 23.7 Å². The fourth-order valence-electron chi connectivity index (χ4n) is 8.38. The number of benzene rings is 3. The van der Waals surface area contributed by atoms with Crippen LogP contribution >= 0.6 is 0 Å². The molecule has 0 aliphatic carbocycles. The normalized spacial score (nSPS) is 17.3. The first-order chi connectivity index (χ1) is 29.6. The molecule has 4 unspecified atom stereocenters. The van der Waals surface area contributed by atoms with Crippen LogP contribution in [0.15, 0.2) is 97.5 Å². The van der Waals surface area contributed by atoms with Gasteiger partial charge in [-0.3, -0.25) is 14.6 Å². The molecule has 0 saturated carbocycles. The second-order valence-corrected chi connectivity index (χ2v) is 15.8. The lowest BCUT2D eigenvalue weighted by Gasteiger charge is -2.30. The summed E-state index contributed by atoms with van der Waals surface area (Å²) in [7, 11) is 2.57. The molecule has 0 bridgehead atoms. The third-order valence-corrected chi connectivity index (χ3v) is 11.6. The Bertz CT molecular complexity index is 2540. The lowest BCUT2D eigenvalue weighted by atomic mass is 10.0. The van der Waals surface area contributed by atoms with E-state index in [0.29, 0.717) is 30.3 Å². The fraction of sp³-hybridized carbons (Fsp3) is 0.326. The number of hydrogen-bond acceptors (Lipinski definition) is 9. The highest BCUT2D eigenvalue weighted by Crippen LogP contribution is 2.36. The summed E-state index contributed by atoms with van der Waals surface area (Å²) in [5, 5.41) is 6.38. The number of likely N-dealkylation sites (tertiary alicyclic amines) is 2. The number of aromatic amines is 2. The quantitative estimate of drug-likeness (QED) is 0.103. The van der Waals surface area contributed by atoms with Gasteiger partial charge in [-0.1, -0.05) is 80.6 Å². The number of alkyl carbamates (subject to hydrolysis) is 2. The molecule has 2 aliphatic rings. The molecular formula is C46H49N9O6. The Balaban J connectivity index is 0.942. The molecule has 2 fully saturated rings. The number of pyridine rings is 1. The van der Waals surface area contributed by atoms with Crippen LogP contribution in [0, 0.1) is 5.92 Å². The van der Waals surface area contributed by atoms with E-state index in [-0.39, 0.29) is 29.8 Å². The summed E-state index contributed by atoms with van der Waals surface area (Å²) in [6, 6.07) is 23.6. The van der Waals surface area contributed by atoms with Crippen LogP contribution in [0.2, 0.25) is 0 Å². The van der Waals surface area contributed by atoms with Gasteiger partial charge in [-0.05, 0) is 66.0 Å². The lowest BCUT2D eigenvalue weighted by Crippen LogP contribution is -2.51. The fourth-order valence-corrected chi connectivity index (χ4v) is 8.38. The molecule has 8 rings (SSSR count). The number of ether oxygens (including phenoxy) is 2. The Morgan fingerprint density at radius 1 is 0.656 bits per heavy atom. The van der Waals surface area contributed by atoms with Crippen molar-refractivity contribution in [3.8, 4) is 33.6 Å². The first-order valence-electron chi connectivity index (χ1n) is 20.6. The van der Waals surface area contributed by atoms with E-state index in [2.05, 4.69) is 62.0 Å². The van der Waals surface area contributed by atoms with E-state index in [0.717, 1.165) is 70.2 Å². The van der Waals surface area contributed by atoms with Crippen LogP contribution in [0.3, 0.4) is 0 Å².